The molecule has 1 rings (SSSR count). The van der Waals surface area contributed by atoms with E-state index in [1.165, 1.54) is 47.8 Å². The van der Waals surface area contributed by atoms with Crippen molar-refractivity contribution in [2.75, 3.05) is 12.5 Å². The van der Waals surface area contributed by atoms with Gasteiger partial charge in [-0.05, 0) is 46.1 Å². The second-order valence-corrected chi connectivity index (χ2v) is 6.47. The first-order chi connectivity index (χ1) is 10.5. The van der Waals surface area contributed by atoms with Gasteiger partial charge in [0, 0.05) is 22.2 Å². The minimum Gasteiger partial charge on any atom is -0.258 e. The van der Waals surface area contributed by atoms with Crippen LogP contribution in [0.1, 0.15) is 5.56 Å². The van der Waals surface area contributed by atoms with Crippen molar-refractivity contribution in [1.29, 1.82) is 10.5 Å². The van der Waals surface area contributed by atoms with Crippen LogP contribution in [0.2, 0.25) is 0 Å². The molecule has 0 bridgehead atoms. The topological polar surface area (TPSA) is 90.7 Å². The standard InChI is InChI=1S/C14H10BrN3O2S2/c1-21-14(22-2)13(15)12(10(7-16)8-17)9-3-5-11(6-4-9)18(19)20/h3-6H,1-2H3. The minimum atomic E-state index is -0.497. The van der Waals surface area contributed by atoms with Gasteiger partial charge in [-0.2, -0.15) is 10.5 Å². The van der Waals surface area contributed by atoms with Crippen LogP contribution >= 0.6 is 39.5 Å². The summed E-state index contributed by atoms with van der Waals surface area (Å²) in [5.41, 5.74) is 0.893. The molecule has 0 amide bonds. The summed E-state index contributed by atoms with van der Waals surface area (Å²) >= 11 is 6.41. The van der Waals surface area contributed by atoms with Crippen molar-refractivity contribution in [3.05, 3.63) is 54.2 Å². The average Bonchev–Trinajstić information content (AvgIpc) is 2.53. The fourth-order valence-electron chi connectivity index (χ4n) is 1.63. The van der Waals surface area contributed by atoms with Gasteiger partial charge in [0.15, 0.2) is 0 Å². The van der Waals surface area contributed by atoms with E-state index in [9.17, 15) is 20.6 Å². The highest BCUT2D eigenvalue weighted by atomic mass is 79.9. The van der Waals surface area contributed by atoms with E-state index in [4.69, 9.17) is 0 Å². The van der Waals surface area contributed by atoms with Crippen LogP contribution in [0.3, 0.4) is 0 Å². The van der Waals surface area contributed by atoms with Crippen LogP contribution in [0, 0.1) is 32.8 Å². The Hall–Kier alpha value is -1.74. The van der Waals surface area contributed by atoms with Gasteiger partial charge in [0.25, 0.3) is 5.69 Å². The van der Waals surface area contributed by atoms with Gasteiger partial charge in [-0.1, -0.05) is 0 Å². The first-order valence-corrected chi connectivity index (χ1v) is 9.01. The average molecular weight is 396 g/mol. The molecular formula is C14H10BrN3O2S2. The highest BCUT2D eigenvalue weighted by Crippen LogP contribution is 2.40. The Balaban J connectivity index is 3.59. The number of benzene rings is 1. The Bertz CT molecular complexity index is 706. The second kappa shape index (κ2) is 8.64. The van der Waals surface area contributed by atoms with Gasteiger partial charge < -0.3 is 0 Å². The van der Waals surface area contributed by atoms with Gasteiger partial charge in [0.05, 0.1) is 9.16 Å². The molecule has 0 spiro atoms. The molecule has 0 saturated heterocycles. The van der Waals surface area contributed by atoms with E-state index < -0.39 is 4.92 Å². The maximum absolute atomic E-state index is 10.7. The van der Waals surface area contributed by atoms with Crippen molar-refractivity contribution in [3.63, 3.8) is 0 Å². The van der Waals surface area contributed by atoms with E-state index in [-0.39, 0.29) is 11.3 Å². The lowest BCUT2D eigenvalue weighted by Crippen LogP contribution is -1.93. The molecule has 0 unspecified atom stereocenters. The van der Waals surface area contributed by atoms with Crippen molar-refractivity contribution in [1.82, 2.24) is 0 Å². The molecule has 0 radical (unpaired) electrons. The van der Waals surface area contributed by atoms with Gasteiger partial charge >= 0.3 is 0 Å². The van der Waals surface area contributed by atoms with Crippen molar-refractivity contribution in [2.24, 2.45) is 0 Å². The largest absolute Gasteiger partial charge is 0.269 e. The molecule has 112 valence electrons. The lowest BCUT2D eigenvalue weighted by molar-refractivity contribution is -0.384. The van der Waals surface area contributed by atoms with Crippen LogP contribution in [-0.4, -0.2) is 17.4 Å². The van der Waals surface area contributed by atoms with Gasteiger partial charge in [-0.25, -0.2) is 0 Å². The molecule has 1 aromatic rings. The second-order valence-electron chi connectivity index (χ2n) is 3.79. The molecule has 0 aromatic heterocycles. The fraction of sp³-hybridized carbons (Fsp3) is 0.143. The highest BCUT2D eigenvalue weighted by Gasteiger charge is 2.17. The molecular weight excluding hydrogens is 386 g/mol. The summed E-state index contributed by atoms with van der Waals surface area (Å²) in [6.07, 6.45) is 3.78. The quantitative estimate of drug-likeness (QED) is 0.311. The zero-order chi connectivity index (χ0) is 16.7. The number of thioether (sulfide) groups is 2. The summed E-state index contributed by atoms with van der Waals surface area (Å²) in [6, 6.07) is 9.50. The number of hydrogen-bond acceptors (Lipinski definition) is 6. The van der Waals surface area contributed by atoms with E-state index in [2.05, 4.69) is 15.9 Å². The van der Waals surface area contributed by atoms with Crippen LogP contribution in [0.15, 0.2) is 38.6 Å². The first-order valence-electron chi connectivity index (χ1n) is 5.77. The molecule has 8 heteroatoms. The first kappa shape index (κ1) is 18.3. The molecule has 1 aromatic carbocycles. The molecule has 22 heavy (non-hydrogen) atoms. The maximum atomic E-state index is 10.7. The molecule has 0 fully saturated rings. The van der Waals surface area contributed by atoms with Crippen LogP contribution in [0.25, 0.3) is 5.57 Å². The van der Waals surface area contributed by atoms with Crippen LogP contribution in [-0.2, 0) is 0 Å². The lowest BCUT2D eigenvalue weighted by atomic mass is 10.0. The third kappa shape index (κ3) is 4.14. The molecule has 0 atom stereocenters. The number of allylic oxidation sites excluding steroid dienone is 3. The van der Waals surface area contributed by atoms with E-state index in [1.807, 2.05) is 24.6 Å². The predicted octanol–water partition coefficient (Wildman–Crippen LogP) is 4.69. The number of non-ortho nitro benzene ring substituents is 1. The lowest BCUT2D eigenvalue weighted by Gasteiger charge is -2.11. The van der Waals surface area contributed by atoms with Crippen molar-refractivity contribution < 1.29 is 4.92 Å². The van der Waals surface area contributed by atoms with E-state index in [0.717, 1.165) is 4.24 Å². The van der Waals surface area contributed by atoms with E-state index in [0.29, 0.717) is 15.6 Å². The highest BCUT2D eigenvalue weighted by molar-refractivity contribution is 9.12. The number of nitrogens with zero attached hydrogens (tertiary/aromatic N) is 3. The van der Waals surface area contributed by atoms with Gasteiger partial charge in [0.2, 0.25) is 0 Å². The van der Waals surface area contributed by atoms with Crippen molar-refractivity contribution in [2.45, 2.75) is 0 Å². The number of nitriles is 2. The van der Waals surface area contributed by atoms with Crippen LogP contribution in [0.5, 0.6) is 0 Å². The number of halogens is 1. The molecule has 0 N–H and O–H groups in total. The maximum Gasteiger partial charge on any atom is 0.269 e. The smallest absolute Gasteiger partial charge is 0.258 e. The Morgan fingerprint density at radius 2 is 1.68 bits per heavy atom. The van der Waals surface area contributed by atoms with E-state index >= 15 is 0 Å². The van der Waals surface area contributed by atoms with Crippen LogP contribution < -0.4 is 0 Å². The molecule has 0 aliphatic rings. The van der Waals surface area contributed by atoms with Crippen LogP contribution in [0.4, 0.5) is 5.69 Å². The van der Waals surface area contributed by atoms with Gasteiger partial charge in [0.1, 0.15) is 17.7 Å². The summed E-state index contributed by atoms with van der Waals surface area (Å²) in [5, 5.41) is 29.1. The normalized spacial score (nSPS) is 9.32. The third-order valence-electron chi connectivity index (χ3n) is 2.61. The third-order valence-corrected chi connectivity index (χ3v) is 6.08. The zero-order valence-electron chi connectivity index (χ0n) is 11.7. The summed E-state index contributed by atoms with van der Waals surface area (Å²) in [5.74, 6) is 0. The predicted molar refractivity (Wildman–Crippen MR) is 94.2 cm³/mol. The summed E-state index contributed by atoms with van der Waals surface area (Å²) in [4.78, 5) is 10.2. The monoisotopic (exact) mass is 395 g/mol. The Morgan fingerprint density at radius 3 is 2.05 bits per heavy atom. The summed E-state index contributed by atoms with van der Waals surface area (Å²) < 4.78 is 1.52. The number of nitro benzene ring substituents is 1. The Morgan fingerprint density at radius 1 is 1.18 bits per heavy atom. The van der Waals surface area contributed by atoms with Gasteiger partial charge in [-0.3, -0.25) is 10.1 Å². The molecule has 5 nitrogen and oxygen atoms in total. The number of nitro groups is 1. The fourth-order valence-corrected chi connectivity index (χ4v) is 4.26. The zero-order valence-corrected chi connectivity index (χ0v) is 14.9. The van der Waals surface area contributed by atoms with Gasteiger partial charge in [-0.15, -0.1) is 23.5 Å². The molecule has 0 heterocycles. The summed E-state index contributed by atoms with van der Waals surface area (Å²) in [6.45, 7) is 0. The SMILES string of the molecule is CSC(SC)=C(Br)C(=C(C#N)C#N)c1ccc([N+](=O)[O-])cc1. The minimum absolute atomic E-state index is 0.0476. The Kier molecular flexibility index (Phi) is 7.19. The van der Waals surface area contributed by atoms with Crippen molar-refractivity contribution >= 4 is 50.7 Å². The Labute approximate surface area is 145 Å². The summed E-state index contributed by atoms with van der Waals surface area (Å²) in [7, 11) is 0. The molecule has 0 saturated carbocycles. The molecule has 0 aliphatic heterocycles. The van der Waals surface area contributed by atoms with Crippen molar-refractivity contribution in [3.8, 4) is 12.1 Å². The van der Waals surface area contributed by atoms with E-state index in [1.54, 1.807) is 0 Å². The number of hydrogen-bond donors (Lipinski definition) is 0. The number of rotatable bonds is 5. The molecule has 0 aliphatic carbocycles.